The highest BCUT2D eigenvalue weighted by molar-refractivity contribution is 7.99. The van der Waals surface area contributed by atoms with Crippen LogP contribution < -0.4 is 10.1 Å². The minimum absolute atomic E-state index is 0.107. The van der Waals surface area contributed by atoms with E-state index in [-0.39, 0.29) is 17.3 Å². The number of amides is 1. The van der Waals surface area contributed by atoms with Crippen molar-refractivity contribution >= 4 is 23.4 Å². The van der Waals surface area contributed by atoms with Crippen molar-refractivity contribution in [1.29, 1.82) is 0 Å². The molecule has 8 heteroatoms. The Morgan fingerprint density at radius 1 is 1.14 bits per heavy atom. The summed E-state index contributed by atoms with van der Waals surface area (Å²) >= 11 is 1.26. The van der Waals surface area contributed by atoms with Crippen molar-refractivity contribution in [2.24, 2.45) is 0 Å². The average Bonchev–Trinajstić information content (AvgIpc) is 3.12. The molecule has 0 fully saturated rings. The number of nitrogens with zero attached hydrogens (tertiary/aromatic N) is 3. The van der Waals surface area contributed by atoms with Crippen molar-refractivity contribution in [3.05, 3.63) is 54.3 Å². The van der Waals surface area contributed by atoms with Gasteiger partial charge < -0.3 is 14.6 Å². The van der Waals surface area contributed by atoms with Crippen LogP contribution in [0.3, 0.4) is 0 Å². The molecule has 28 heavy (non-hydrogen) atoms. The second-order valence-electron chi connectivity index (χ2n) is 5.82. The van der Waals surface area contributed by atoms with Crippen molar-refractivity contribution in [1.82, 2.24) is 14.8 Å². The van der Waals surface area contributed by atoms with E-state index in [1.54, 1.807) is 12.1 Å². The summed E-state index contributed by atoms with van der Waals surface area (Å²) in [7, 11) is 0. The van der Waals surface area contributed by atoms with Gasteiger partial charge in [0.05, 0.1) is 18.0 Å². The number of benzene rings is 2. The Hall–Kier alpha value is -2.87. The maximum absolute atomic E-state index is 13.6. The molecule has 2 aromatic carbocycles. The number of nitrogens with one attached hydrogen (secondary N) is 1. The largest absolute Gasteiger partial charge is 0.494 e. The van der Waals surface area contributed by atoms with Crippen LogP contribution in [0.1, 0.15) is 13.8 Å². The van der Waals surface area contributed by atoms with Gasteiger partial charge in [-0.1, -0.05) is 23.9 Å². The molecule has 6 nitrogen and oxygen atoms in total. The molecular formula is C20H21FN4O2S. The molecule has 0 atom stereocenters. The molecule has 1 amide bonds. The van der Waals surface area contributed by atoms with E-state index < -0.39 is 5.82 Å². The average molecular weight is 400 g/mol. The predicted octanol–water partition coefficient (Wildman–Crippen LogP) is 4.23. The van der Waals surface area contributed by atoms with Gasteiger partial charge in [0.15, 0.2) is 11.0 Å². The van der Waals surface area contributed by atoms with E-state index in [9.17, 15) is 9.18 Å². The number of thioether (sulfide) groups is 1. The van der Waals surface area contributed by atoms with Gasteiger partial charge in [-0.25, -0.2) is 4.39 Å². The van der Waals surface area contributed by atoms with Crippen molar-refractivity contribution in [3.8, 4) is 17.1 Å². The van der Waals surface area contributed by atoms with Crippen LogP contribution in [0, 0.1) is 5.82 Å². The molecule has 0 unspecified atom stereocenters. The highest BCUT2D eigenvalue weighted by Gasteiger charge is 2.15. The first kappa shape index (κ1) is 19.9. The fraction of sp³-hybridized carbons (Fsp3) is 0.250. The number of halogens is 1. The SMILES string of the molecule is CCOc1ccc(-c2nnc(SCC(=O)Nc3ccccc3F)n2CC)cc1. The van der Waals surface area contributed by atoms with Crippen molar-refractivity contribution < 1.29 is 13.9 Å². The van der Waals surface area contributed by atoms with Crippen LogP contribution in [0.25, 0.3) is 11.4 Å². The van der Waals surface area contributed by atoms with E-state index in [2.05, 4.69) is 15.5 Å². The molecule has 0 radical (unpaired) electrons. The van der Waals surface area contributed by atoms with Gasteiger partial charge in [0.1, 0.15) is 11.6 Å². The number of anilines is 1. The summed E-state index contributed by atoms with van der Waals surface area (Å²) in [5.74, 6) is 0.866. The maximum Gasteiger partial charge on any atom is 0.234 e. The molecule has 0 bridgehead atoms. The molecule has 3 aromatic rings. The van der Waals surface area contributed by atoms with E-state index >= 15 is 0 Å². The molecule has 1 heterocycles. The smallest absolute Gasteiger partial charge is 0.234 e. The zero-order valence-electron chi connectivity index (χ0n) is 15.7. The number of rotatable bonds is 8. The van der Waals surface area contributed by atoms with Crippen molar-refractivity contribution in [2.45, 2.75) is 25.5 Å². The Balaban J connectivity index is 1.68. The van der Waals surface area contributed by atoms with Gasteiger partial charge in [-0.2, -0.15) is 0 Å². The maximum atomic E-state index is 13.6. The first-order chi connectivity index (χ1) is 13.6. The zero-order chi connectivity index (χ0) is 19.9. The number of aromatic nitrogens is 3. The minimum atomic E-state index is -0.463. The van der Waals surface area contributed by atoms with Crippen LogP contribution in [-0.2, 0) is 11.3 Å². The van der Waals surface area contributed by atoms with Gasteiger partial charge in [0.2, 0.25) is 5.91 Å². The molecule has 0 aliphatic carbocycles. The van der Waals surface area contributed by atoms with E-state index in [1.165, 1.54) is 23.9 Å². The van der Waals surface area contributed by atoms with E-state index in [0.717, 1.165) is 17.1 Å². The van der Waals surface area contributed by atoms with Gasteiger partial charge in [-0.3, -0.25) is 4.79 Å². The molecule has 0 saturated heterocycles. The van der Waals surface area contributed by atoms with E-state index in [4.69, 9.17) is 4.74 Å². The number of ether oxygens (including phenoxy) is 1. The number of carbonyl (C=O) groups is 1. The van der Waals surface area contributed by atoms with Gasteiger partial charge in [-0.05, 0) is 50.2 Å². The van der Waals surface area contributed by atoms with Gasteiger partial charge >= 0.3 is 0 Å². The second-order valence-corrected chi connectivity index (χ2v) is 6.77. The van der Waals surface area contributed by atoms with Crippen molar-refractivity contribution in [3.63, 3.8) is 0 Å². The number of hydrogen-bond donors (Lipinski definition) is 1. The molecule has 0 spiro atoms. The highest BCUT2D eigenvalue weighted by atomic mass is 32.2. The van der Waals surface area contributed by atoms with Gasteiger partial charge in [0.25, 0.3) is 0 Å². The Labute approximate surface area is 167 Å². The molecule has 0 aliphatic rings. The summed E-state index contributed by atoms with van der Waals surface area (Å²) in [6.07, 6.45) is 0. The Kier molecular flexibility index (Phi) is 6.65. The molecule has 1 N–H and O–H groups in total. The highest BCUT2D eigenvalue weighted by Crippen LogP contribution is 2.26. The molecule has 146 valence electrons. The van der Waals surface area contributed by atoms with E-state index in [1.807, 2.05) is 42.7 Å². The Bertz CT molecular complexity index is 944. The quantitative estimate of drug-likeness (QED) is 0.573. The standard InChI is InChI=1S/C20H21FN4O2S/c1-3-25-19(14-9-11-15(12-10-14)27-4-2)23-24-20(25)28-13-18(26)22-17-8-6-5-7-16(17)21/h5-12H,3-4,13H2,1-2H3,(H,22,26). The molecule has 3 rings (SSSR count). The normalized spacial score (nSPS) is 10.7. The summed E-state index contributed by atoms with van der Waals surface area (Å²) in [5.41, 5.74) is 1.08. The lowest BCUT2D eigenvalue weighted by Gasteiger charge is -2.09. The third-order valence-electron chi connectivity index (χ3n) is 3.94. The van der Waals surface area contributed by atoms with Crippen LogP contribution >= 0.6 is 11.8 Å². The summed E-state index contributed by atoms with van der Waals surface area (Å²) in [5, 5.41) is 11.7. The van der Waals surface area contributed by atoms with Crippen LogP contribution in [0.2, 0.25) is 0 Å². The number of hydrogen-bond acceptors (Lipinski definition) is 5. The topological polar surface area (TPSA) is 69.0 Å². The van der Waals surface area contributed by atoms with E-state index in [0.29, 0.717) is 18.3 Å². The lowest BCUT2D eigenvalue weighted by atomic mass is 10.2. The third-order valence-corrected chi connectivity index (χ3v) is 4.90. The second kappa shape index (κ2) is 9.36. The fourth-order valence-corrected chi connectivity index (χ4v) is 3.44. The van der Waals surface area contributed by atoms with Crippen LogP contribution in [-0.4, -0.2) is 33.0 Å². The van der Waals surface area contributed by atoms with Crippen LogP contribution in [0.5, 0.6) is 5.75 Å². The predicted molar refractivity (Wildman–Crippen MR) is 108 cm³/mol. The fourth-order valence-electron chi connectivity index (χ4n) is 2.64. The summed E-state index contributed by atoms with van der Waals surface area (Å²) in [4.78, 5) is 12.1. The summed E-state index contributed by atoms with van der Waals surface area (Å²) in [6, 6.07) is 13.7. The van der Waals surface area contributed by atoms with Crippen molar-refractivity contribution in [2.75, 3.05) is 17.7 Å². The van der Waals surface area contributed by atoms with Crippen LogP contribution in [0.4, 0.5) is 10.1 Å². The number of para-hydroxylation sites is 1. The third kappa shape index (κ3) is 4.69. The lowest BCUT2D eigenvalue weighted by Crippen LogP contribution is -2.15. The summed E-state index contributed by atoms with van der Waals surface area (Å²) in [6.45, 7) is 5.20. The van der Waals surface area contributed by atoms with Gasteiger partial charge in [0, 0.05) is 12.1 Å². The molecule has 1 aromatic heterocycles. The number of carbonyl (C=O) groups excluding carboxylic acids is 1. The molecule has 0 aliphatic heterocycles. The zero-order valence-corrected chi connectivity index (χ0v) is 16.5. The lowest BCUT2D eigenvalue weighted by molar-refractivity contribution is -0.113. The first-order valence-electron chi connectivity index (χ1n) is 8.96. The minimum Gasteiger partial charge on any atom is -0.494 e. The first-order valence-corrected chi connectivity index (χ1v) is 9.94. The van der Waals surface area contributed by atoms with Gasteiger partial charge in [-0.15, -0.1) is 10.2 Å². The molecule has 0 saturated carbocycles. The van der Waals surface area contributed by atoms with Crippen LogP contribution in [0.15, 0.2) is 53.7 Å². The monoisotopic (exact) mass is 400 g/mol. The molecular weight excluding hydrogens is 379 g/mol. The Morgan fingerprint density at radius 2 is 1.89 bits per heavy atom. The summed E-state index contributed by atoms with van der Waals surface area (Å²) < 4.78 is 21.0. The Morgan fingerprint density at radius 3 is 2.57 bits per heavy atom.